The molecule has 6 heteroatoms. The number of carbonyl (C=O) groups is 1. The largest absolute Gasteiger partial charge is 0.496 e. The predicted octanol–water partition coefficient (Wildman–Crippen LogP) is 1.77. The van der Waals surface area contributed by atoms with Gasteiger partial charge in [0, 0.05) is 30.7 Å². The van der Waals surface area contributed by atoms with Gasteiger partial charge in [0.2, 0.25) is 0 Å². The molecular weight excluding hydrogens is 248 g/mol. The van der Waals surface area contributed by atoms with Gasteiger partial charge in [-0.3, -0.25) is 19.8 Å². The third-order valence-corrected chi connectivity index (χ3v) is 3.20. The van der Waals surface area contributed by atoms with Crippen LogP contribution in [0.4, 0.5) is 5.69 Å². The van der Waals surface area contributed by atoms with Crippen LogP contribution in [0.25, 0.3) is 0 Å². The average Bonchev–Trinajstić information content (AvgIpc) is 2.38. The first kappa shape index (κ1) is 13.5. The van der Waals surface area contributed by atoms with E-state index in [4.69, 9.17) is 4.74 Å². The van der Waals surface area contributed by atoms with Gasteiger partial charge in [-0.1, -0.05) is 0 Å². The summed E-state index contributed by atoms with van der Waals surface area (Å²) >= 11 is 0. The fraction of sp³-hybridized carbons (Fsp3) is 0.462. The molecule has 1 aliphatic heterocycles. The van der Waals surface area contributed by atoms with Crippen molar-refractivity contribution in [2.75, 3.05) is 20.2 Å². The highest BCUT2D eigenvalue weighted by Gasteiger charge is 2.19. The molecule has 19 heavy (non-hydrogen) atoms. The van der Waals surface area contributed by atoms with E-state index < -0.39 is 4.92 Å². The molecule has 1 aliphatic rings. The molecule has 1 saturated heterocycles. The number of nitro benzene ring substituents is 1. The monoisotopic (exact) mass is 264 g/mol. The van der Waals surface area contributed by atoms with Gasteiger partial charge < -0.3 is 4.74 Å². The zero-order valence-electron chi connectivity index (χ0n) is 10.8. The third kappa shape index (κ3) is 3.29. The standard InChI is InChI=1S/C13H16N2O4/c1-19-13-5-4-11(15(17)18)7-10(13)8-14-6-2-3-12(16)9-14/h4-5,7H,2-3,6,8-9H2,1H3. The van der Waals surface area contributed by atoms with E-state index >= 15 is 0 Å². The highest BCUT2D eigenvalue weighted by molar-refractivity contribution is 5.81. The Kier molecular flexibility index (Phi) is 4.11. The Hall–Kier alpha value is -1.95. The fourth-order valence-electron chi connectivity index (χ4n) is 2.29. The zero-order chi connectivity index (χ0) is 13.8. The van der Waals surface area contributed by atoms with Crippen LogP contribution in [0.3, 0.4) is 0 Å². The van der Waals surface area contributed by atoms with Gasteiger partial charge in [0.1, 0.15) is 11.5 Å². The summed E-state index contributed by atoms with van der Waals surface area (Å²) in [6.45, 7) is 1.74. The van der Waals surface area contributed by atoms with E-state index in [-0.39, 0.29) is 11.5 Å². The van der Waals surface area contributed by atoms with Crippen LogP contribution in [-0.4, -0.2) is 35.8 Å². The molecular formula is C13H16N2O4. The third-order valence-electron chi connectivity index (χ3n) is 3.20. The van der Waals surface area contributed by atoms with Gasteiger partial charge in [0.15, 0.2) is 0 Å². The second kappa shape index (κ2) is 5.79. The zero-order valence-corrected chi connectivity index (χ0v) is 10.8. The molecule has 0 atom stereocenters. The maximum Gasteiger partial charge on any atom is 0.270 e. The maximum atomic E-state index is 11.4. The number of hydrogen-bond donors (Lipinski definition) is 0. The van der Waals surface area contributed by atoms with E-state index in [1.807, 2.05) is 4.90 Å². The van der Waals surface area contributed by atoms with Gasteiger partial charge in [-0.2, -0.15) is 0 Å². The summed E-state index contributed by atoms with van der Waals surface area (Å²) in [4.78, 5) is 23.8. The molecule has 0 unspecified atom stereocenters. The number of ether oxygens (including phenoxy) is 1. The van der Waals surface area contributed by atoms with E-state index in [1.54, 1.807) is 6.07 Å². The average molecular weight is 264 g/mol. The summed E-state index contributed by atoms with van der Waals surface area (Å²) in [5.74, 6) is 0.833. The number of non-ortho nitro benzene ring substituents is 1. The van der Waals surface area contributed by atoms with Gasteiger partial charge in [0.05, 0.1) is 18.6 Å². The molecule has 1 aromatic rings. The van der Waals surface area contributed by atoms with Crippen LogP contribution in [0.2, 0.25) is 0 Å². The number of hydrogen-bond acceptors (Lipinski definition) is 5. The van der Waals surface area contributed by atoms with Crippen molar-refractivity contribution in [3.8, 4) is 5.75 Å². The Morgan fingerprint density at radius 3 is 2.89 bits per heavy atom. The SMILES string of the molecule is COc1ccc([N+](=O)[O-])cc1CN1CCCC(=O)C1. The molecule has 0 radical (unpaired) electrons. The summed E-state index contributed by atoms with van der Waals surface area (Å²) in [7, 11) is 1.53. The first-order valence-corrected chi connectivity index (χ1v) is 6.15. The van der Waals surface area contributed by atoms with Crippen molar-refractivity contribution in [3.05, 3.63) is 33.9 Å². The number of likely N-dealkylation sites (tertiary alicyclic amines) is 1. The van der Waals surface area contributed by atoms with Crippen LogP contribution in [0.15, 0.2) is 18.2 Å². The van der Waals surface area contributed by atoms with Crippen molar-refractivity contribution in [2.24, 2.45) is 0 Å². The summed E-state index contributed by atoms with van der Waals surface area (Å²) in [6.07, 6.45) is 1.47. The lowest BCUT2D eigenvalue weighted by molar-refractivity contribution is -0.384. The molecule has 0 saturated carbocycles. The van der Waals surface area contributed by atoms with Gasteiger partial charge in [0.25, 0.3) is 5.69 Å². The van der Waals surface area contributed by atoms with E-state index in [0.29, 0.717) is 25.3 Å². The van der Waals surface area contributed by atoms with E-state index in [2.05, 4.69) is 0 Å². The number of nitro groups is 1. The number of ketones is 1. The number of nitrogens with zero attached hydrogens (tertiary/aromatic N) is 2. The lowest BCUT2D eigenvalue weighted by Gasteiger charge is -2.26. The van der Waals surface area contributed by atoms with E-state index in [9.17, 15) is 14.9 Å². The molecule has 6 nitrogen and oxygen atoms in total. The van der Waals surface area contributed by atoms with Gasteiger partial charge in [-0.05, 0) is 19.0 Å². The number of piperidine rings is 1. The minimum Gasteiger partial charge on any atom is -0.496 e. The molecule has 1 heterocycles. The fourth-order valence-corrected chi connectivity index (χ4v) is 2.29. The summed E-state index contributed by atoms with van der Waals surface area (Å²) in [6, 6.07) is 4.53. The maximum absolute atomic E-state index is 11.4. The van der Waals surface area contributed by atoms with Gasteiger partial charge in [-0.15, -0.1) is 0 Å². The highest BCUT2D eigenvalue weighted by Crippen LogP contribution is 2.26. The molecule has 0 amide bonds. The minimum absolute atomic E-state index is 0.0409. The second-order valence-corrected chi connectivity index (χ2v) is 4.61. The Bertz CT molecular complexity index is 501. The number of rotatable bonds is 4. The number of Topliss-reactive ketones (excluding diaryl/α,β-unsaturated/α-hetero) is 1. The van der Waals surface area contributed by atoms with Crippen molar-refractivity contribution < 1.29 is 14.5 Å². The van der Waals surface area contributed by atoms with Crippen molar-refractivity contribution >= 4 is 11.5 Å². The van der Waals surface area contributed by atoms with Crippen LogP contribution in [0.1, 0.15) is 18.4 Å². The molecule has 2 rings (SSSR count). The molecule has 0 aromatic heterocycles. The van der Waals surface area contributed by atoms with Gasteiger partial charge >= 0.3 is 0 Å². The number of methoxy groups -OCH3 is 1. The second-order valence-electron chi connectivity index (χ2n) is 4.61. The lowest BCUT2D eigenvalue weighted by atomic mass is 10.1. The first-order valence-electron chi connectivity index (χ1n) is 6.15. The summed E-state index contributed by atoms with van der Waals surface area (Å²) in [5.41, 5.74) is 0.783. The van der Waals surface area contributed by atoms with Crippen molar-refractivity contribution in [1.29, 1.82) is 0 Å². The smallest absolute Gasteiger partial charge is 0.270 e. The number of benzene rings is 1. The van der Waals surface area contributed by atoms with Crippen LogP contribution in [0, 0.1) is 10.1 Å². The molecule has 0 aliphatic carbocycles. The van der Waals surface area contributed by atoms with Crippen LogP contribution >= 0.6 is 0 Å². The molecule has 0 N–H and O–H groups in total. The highest BCUT2D eigenvalue weighted by atomic mass is 16.6. The Balaban J connectivity index is 2.19. The molecule has 102 valence electrons. The topological polar surface area (TPSA) is 72.7 Å². The minimum atomic E-state index is -0.426. The van der Waals surface area contributed by atoms with Crippen molar-refractivity contribution in [2.45, 2.75) is 19.4 Å². The Morgan fingerprint density at radius 2 is 2.26 bits per heavy atom. The van der Waals surface area contributed by atoms with Crippen molar-refractivity contribution in [3.63, 3.8) is 0 Å². The quantitative estimate of drug-likeness (QED) is 0.612. The molecule has 1 fully saturated rings. The van der Waals surface area contributed by atoms with Gasteiger partial charge in [-0.25, -0.2) is 0 Å². The molecule has 0 bridgehead atoms. The Morgan fingerprint density at radius 1 is 1.47 bits per heavy atom. The van der Waals surface area contributed by atoms with E-state index in [0.717, 1.165) is 18.5 Å². The lowest BCUT2D eigenvalue weighted by Crippen LogP contribution is -2.35. The number of carbonyl (C=O) groups excluding carboxylic acids is 1. The molecule has 1 aromatic carbocycles. The van der Waals surface area contributed by atoms with Crippen LogP contribution in [-0.2, 0) is 11.3 Å². The predicted molar refractivity (Wildman–Crippen MR) is 69.2 cm³/mol. The first-order chi connectivity index (χ1) is 9.10. The van der Waals surface area contributed by atoms with Crippen molar-refractivity contribution in [1.82, 2.24) is 4.90 Å². The summed E-state index contributed by atoms with van der Waals surface area (Å²) < 4.78 is 5.21. The van der Waals surface area contributed by atoms with Crippen LogP contribution in [0.5, 0.6) is 5.75 Å². The van der Waals surface area contributed by atoms with E-state index in [1.165, 1.54) is 19.2 Å². The Labute approximate surface area is 111 Å². The van der Waals surface area contributed by atoms with Crippen LogP contribution < -0.4 is 4.74 Å². The normalized spacial score (nSPS) is 16.4. The summed E-state index contributed by atoms with van der Waals surface area (Å²) in [5, 5.41) is 10.8. The molecule has 0 spiro atoms.